The number of ether oxygens (including phenoxy) is 1. The van der Waals surface area contributed by atoms with Crippen molar-refractivity contribution >= 4 is 23.5 Å². The van der Waals surface area contributed by atoms with E-state index in [1.807, 2.05) is 13.8 Å². The highest BCUT2D eigenvalue weighted by Gasteiger charge is 2.20. The number of para-hydroxylation sites is 1. The fraction of sp³-hybridized carbons (Fsp3) is 0.471. The van der Waals surface area contributed by atoms with Crippen LogP contribution >= 0.6 is 0 Å². The number of anilines is 1. The number of nitrogens with zero attached hydrogens (tertiary/aromatic N) is 1. The van der Waals surface area contributed by atoms with Crippen molar-refractivity contribution in [3.05, 3.63) is 29.8 Å². The molecule has 6 heteroatoms. The lowest BCUT2D eigenvalue weighted by atomic mass is 10.1. The second-order valence-corrected chi connectivity index (χ2v) is 5.22. The van der Waals surface area contributed by atoms with Crippen LogP contribution in [-0.2, 0) is 14.3 Å². The first-order valence-electron chi connectivity index (χ1n) is 7.73. The number of carbonyl (C=O) groups is 3. The number of hydrogen-bond acceptors (Lipinski definition) is 4. The van der Waals surface area contributed by atoms with Gasteiger partial charge in [-0.25, -0.2) is 4.79 Å². The van der Waals surface area contributed by atoms with Gasteiger partial charge in [0.25, 0.3) is 0 Å². The van der Waals surface area contributed by atoms with Gasteiger partial charge < -0.3 is 15.0 Å². The monoisotopic (exact) mass is 320 g/mol. The van der Waals surface area contributed by atoms with Gasteiger partial charge in [0.15, 0.2) is 0 Å². The molecule has 0 aromatic heterocycles. The lowest BCUT2D eigenvalue weighted by Gasteiger charge is -2.26. The van der Waals surface area contributed by atoms with Crippen molar-refractivity contribution in [3.63, 3.8) is 0 Å². The minimum Gasteiger partial charge on any atom is -0.462 e. The Morgan fingerprint density at radius 2 is 1.87 bits per heavy atom. The van der Waals surface area contributed by atoms with Crippen LogP contribution in [0.5, 0.6) is 0 Å². The van der Waals surface area contributed by atoms with Gasteiger partial charge in [0.2, 0.25) is 11.8 Å². The van der Waals surface area contributed by atoms with Gasteiger partial charge in [-0.2, -0.15) is 0 Å². The summed E-state index contributed by atoms with van der Waals surface area (Å²) in [5.74, 6) is -1.00. The third kappa shape index (κ3) is 5.39. The molecular weight excluding hydrogens is 296 g/mol. The molecule has 1 aromatic rings. The van der Waals surface area contributed by atoms with Gasteiger partial charge >= 0.3 is 5.97 Å². The van der Waals surface area contributed by atoms with E-state index in [2.05, 4.69) is 5.32 Å². The molecule has 1 unspecified atom stereocenters. The van der Waals surface area contributed by atoms with Crippen LogP contribution in [0.1, 0.15) is 44.5 Å². The van der Waals surface area contributed by atoms with E-state index in [0.29, 0.717) is 11.3 Å². The second kappa shape index (κ2) is 8.92. The van der Waals surface area contributed by atoms with Crippen LogP contribution in [-0.4, -0.2) is 41.9 Å². The summed E-state index contributed by atoms with van der Waals surface area (Å²) in [5.41, 5.74) is 0.671. The number of nitrogens with one attached hydrogen (secondary N) is 1. The Kier molecular flexibility index (Phi) is 7.25. The Balaban J connectivity index is 2.85. The molecule has 0 fully saturated rings. The third-order valence-electron chi connectivity index (χ3n) is 3.54. The molecule has 2 amide bonds. The van der Waals surface area contributed by atoms with Crippen molar-refractivity contribution in [2.45, 2.75) is 40.2 Å². The van der Waals surface area contributed by atoms with Gasteiger partial charge in [-0.05, 0) is 32.4 Å². The van der Waals surface area contributed by atoms with Gasteiger partial charge in [-0.1, -0.05) is 19.1 Å². The molecule has 0 spiro atoms. The Bertz CT molecular complexity index is 571. The summed E-state index contributed by atoms with van der Waals surface area (Å²) in [7, 11) is 0. The molecule has 6 nitrogen and oxygen atoms in total. The number of amides is 2. The molecular formula is C17H24N2O4. The normalized spacial score (nSPS) is 11.5. The van der Waals surface area contributed by atoms with Crippen molar-refractivity contribution in [3.8, 4) is 0 Å². The zero-order chi connectivity index (χ0) is 17.4. The van der Waals surface area contributed by atoms with E-state index in [1.165, 1.54) is 11.8 Å². The highest BCUT2D eigenvalue weighted by Crippen LogP contribution is 2.16. The minimum atomic E-state index is -0.492. The highest BCUT2D eigenvalue weighted by atomic mass is 16.5. The number of carbonyl (C=O) groups excluding carboxylic acids is 3. The predicted molar refractivity (Wildman–Crippen MR) is 88.2 cm³/mol. The van der Waals surface area contributed by atoms with E-state index in [-0.39, 0.29) is 31.0 Å². The van der Waals surface area contributed by atoms with E-state index in [9.17, 15) is 14.4 Å². The first kappa shape index (κ1) is 18.7. The molecule has 0 bridgehead atoms. The molecule has 0 radical (unpaired) electrons. The van der Waals surface area contributed by atoms with E-state index >= 15 is 0 Å². The maximum atomic E-state index is 12.2. The van der Waals surface area contributed by atoms with Gasteiger partial charge in [0, 0.05) is 13.0 Å². The van der Waals surface area contributed by atoms with Gasteiger partial charge in [0.05, 0.1) is 17.9 Å². The zero-order valence-corrected chi connectivity index (χ0v) is 14.1. The van der Waals surface area contributed by atoms with Crippen LogP contribution < -0.4 is 5.32 Å². The molecule has 0 saturated heterocycles. The van der Waals surface area contributed by atoms with Crippen LogP contribution in [0.15, 0.2) is 24.3 Å². The van der Waals surface area contributed by atoms with Crippen molar-refractivity contribution in [2.75, 3.05) is 18.5 Å². The van der Waals surface area contributed by atoms with Crippen molar-refractivity contribution in [1.29, 1.82) is 0 Å². The SMILES string of the molecule is CCOC(=O)c1ccccc1NC(=O)CN(C(C)=O)C(C)CC. The molecule has 0 heterocycles. The molecule has 1 atom stereocenters. The van der Waals surface area contributed by atoms with Crippen molar-refractivity contribution in [2.24, 2.45) is 0 Å². The first-order chi connectivity index (χ1) is 10.9. The van der Waals surface area contributed by atoms with Crippen LogP contribution in [0.3, 0.4) is 0 Å². The highest BCUT2D eigenvalue weighted by molar-refractivity contribution is 6.02. The molecule has 0 aliphatic carbocycles. The Morgan fingerprint density at radius 3 is 2.43 bits per heavy atom. The molecule has 1 N–H and O–H groups in total. The fourth-order valence-corrected chi connectivity index (χ4v) is 2.12. The Morgan fingerprint density at radius 1 is 1.22 bits per heavy atom. The second-order valence-electron chi connectivity index (χ2n) is 5.22. The smallest absolute Gasteiger partial charge is 0.340 e. The average molecular weight is 320 g/mol. The average Bonchev–Trinajstić information content (AvgIpc) is 2.52. The van der Waals surface area contributed by atoms with Gasteiger partial charge in [0.1, 0.15) is 6.54 Å². The summed E-state index contributed by atoms with van der Waals surface area (Å²) in [6.45, 7) is 7.20. The molecule has 1 rings (SSSR count). The summed E-state index contributed by atoms with van der Waals surface area (Å²) < 4.78 is 4.97. The topological polar surface area (TPSA) is 75.7 Å². The minimum absolute atomic E-state index is 0.0291. The van der Waals surface area contributed by atoms with Crippen LogP contribution in [0.2, 0.25) is 0 Å². The molecule has 0 saturated carbocycles. The van der Waals surface area contributed by atoms with E-state index in [0.717, 1.165) is 6.42 Å². The lowest BCUT2D eigenvalue weighted by Crippen LogP contribution is -2.42. The number of rotatable bonds is 7. The predicted octanol–water partition coefficient (Wildman–Crippen LogP) is 2.45. The number of hydrogen-bond donors (Lipinski definition) is 1. The third-order valence-corrected chi connectivity index (χ3v) is 3.54. The molecule has 1 aromatic carbocycles. The standard InChI is InChI=1S/C17H24N2O4/c1-5-12(3)19(13(4)20)11-16(21)18-15-10-8-7-9-14(15)17(22)23-6-2/h7-10,12H,5-6,11H2,1-4H3,(H,18,21). The van der Waals surface area contributed by atoms with E-state index in [1.54, 1.807) is 31.2 Å². The summed E-state index contributed by atoms with van der Waals surface area (Å²) >= 11 is 0. The Labute approximate surface area is 136 Å². The van der Waals surface area contributed by atoms with Crippen molar-refractivity contribution in [1.82, 2.24) is 4.90 Å². The first-order valence-corrected chi connectivity index (χ1v) is 7.73. The molecule has 0 aliphatic rings. The van der Waals surface area contributed by atoms with E-state index in [4.69, 9.17) is 4.74 Å². The maximum absolute atomic E-state index is 12.2. The Hall–Kier alpha value is -2.37. The van der Waals surface area contributed by atoms with Crippen LogP contribution in [0.4, 0.5) is 5.69 Å². The molecule has 23 heavy (non-hydrogen) atoms. The fourth-order valence-electron chi connectivity index (χ4n) is 2.12. The quantitative estimate of drug-likeness (QED) is 0.783. The number of benzene rings is 1. The largest absolute Gasteiger partial charge is 0.462 e. The van der Waals surface area contributed by atoms with Crippen molar-refractivity contribution < 1.29 is 19.1 Å². The van der Waals surface area contributed by atoms with Crippen LogP contribution in [0.25, 0.3) is 0 Å². The summed E-state index contributed by atoms with van der Waals surface area (Å²) in [5, 5.41) is 2.68. The van der Waals surface area contributed by atoms with Gasteiger partial charge in [-0.3, -0.25) is 9.59 Å². The maximum Gasteiger partial charge on any atom is 0.340 e. The molecule has 0 aliphatic heterocycles. The summed E-state index contributed by atoms with van der Waals surface area (Å²) in [6.07, 6.45) is 0.756. The summed E-state index contributed by atoms with van der Waals surface area (Å²) in [6, 6.07) is 6.61. The van der Waals surface area contributed by atoms with Gasteiger partial charge in [-0.15, -0.1) is 0 Å². The van der Waals surface area contributed by atoms with E-state index < -0.39 is 5.97 Å². The lowest BCUT2D eigenvalue weighted by molar-refractivity contribution is -0.134. The van der Waals surface area contributed by atoms with Crippen LogP contribution in [0, 0.1) is 0 Å². The zero-order valence-electron chi connectivity index (χ0n) is 14.1. The number of esters is 1. The molecule has 126 valence electrons. The summed E-state index contributed by atoms with van der Waals surface area (Å²) in [4.78, 5) is 37.3.